The first-order chi connectivity index (χ1) is 9.19. The van der Waals surface area contributed by atoms with Crippen molar-refractivity contribution < 1.29 is 18.4 Å². The van der Waals surface area contributed by atoms with E-state index in [1.54, 1.807) is 0 Å². The van der Waals surface area contributed by atoms with E-state index in [-0.39, 0.29) is 11.1 Å². The van der Waals surface area contributed by atoms with Gasteiger partial charge in [-0.2, -0.15) is 0 Å². The van der Waals surface area contributed by atoms with Crippen molar-refractivity contribution >= 4 is 25.0 Å². The van der Waals surface area contributed by atoms with Crippen molar-refractivity contribution in [2.45, 2.75) is 44.7 Å². The summed E-state index contributed by atoms with van der Waals surface area (Å²) in [5.41, 5.74) is 0. The van der Waals surface area contributed by atoms with E-state index >= 15 is 0 Å². The van der Waals surface area contributed by atoms with E-state index in [2.05, 4.69) is 6.92 Å². The minimum Gasteiger partial charge on any atom is -0.424 e. The molecule has 1 aliphatic heterocycles. The zero-order valence-corrected chi connectivity index (χ0v) is 14.7. The zero-order valence-electron chi connectivity index (χ0n) is 12.1. The van der Waals surface area contributed by atoms with Gasteiger partial charge in [-0.3, -0.25) is 4.79 Å². The van der Waals surface area contributed by atoms with Gasteiger partial charge < -0.3 is 18.5 Å². The van der Waals surface area contributed by atoms with Crippen LogP contribution < -0.4 is 0 Å². The molecular formula is C12H27NO4Si2. The number of hydrogen-bond donors (Lipinski definition) is 1. The summed E-state index contributed by atoms with van der Waals surface area (Å²) in [7, 11) is -3.04. The molecule has 2 atom stereocenters. The summed E-state index contributed by atoms with van der Waals surface area (Å²) in [5.74, 6) is 0.214. The lowest BCUT2D eigenvalue weighted by Crippen LogP contribution is -2.40. The van der Waals surface area contributed by atoms with Crippen LogP contribution in [0.4, 0.5) is 0 Å². The highest BCUT2D eigenvalue weighted by Crippen LogP contribution is 2.17. The van der Waals surface area contributed by atoms with Gasteiger partial charge in [0.25, 0.3) is 0 Å². The van der Waals surface area contributed by atoms with Gasteiger partial charge in [0.2, 0.25) is 5.91 Å². The molecular weight excluding hydrogens is 278 g/mol. The van der Waals surface area contributed by atoms with Gasteiger partial charge in [0.15, 0.2) is 9.76 Å². The standard InChI is InChI=1S/C12H27NO4Si2/c1-3-8-16-18-12(19(15)17-9-4-2)10-13-7-5-6-11(13)14/h12,15,19H,3-10,18H2,1-2H3. The van der Waals surface area contributed by atoms with Gasteiger partial charge in [0, 0.05) is 37.9 Å². The zero-order chi connectivity index (χ0) is 14.1. The van der Waals surface area contributed by atoms with Crippen LogP contribution in [0, 0.1) is 0 Å². The summed E-state index contributed by atoms with van der Waals surface area (Å²) in [6.45, 7) is 6.95. The van der Waals surface area contributed by atoms with Crippen LogP contribution in [0.25, 0.3) is 0 Å². The highest BCUT2D eigenvalue weighted by molar-refractivity contribution is 6.60. The van der Waals surface area contributed by atoms with E-state index < -0.39 is 19.0 Å². The molecule has 0 aromatic rings. The lowest BCUT2D eigenvalue weighted by Gasteiger charge is -2.25. The minimum atomic E-state index is -2.22. The van der Waals surface area contributed by atoms with Crippen molar-refractivity contribution in [3.8, 4) is 0 Å². The third-order valence-electron chi connectivity index (χ3n) is 3.20. The topological polar surface area (TPSA) is 59.0 Å². The van der Waals surface area contributed by atoms with E-state index in [1.165, 1.54) is 0 Å². The summed E-state index contributed by atoms with van der Waals surface area (Å²) in [5, 5.41) is 0.111. The van der Waals surface area contributed by atoms with Crippen molar-refractivity contribution in [2.75, 3.05) is 26.3 Å². The third kappa shape index (κ3) is 6.18. The molecule has 1 fully saturated rings. The summed E-state index contributed by atoms with van der Waals surface area (Å²) in [6, 6.07) is 0. The molecule has 0 spiro atoms. The average molecular weight is 306 g/mol. The molecule has 0 aromatic carbocycles. The second-order valence-corrected chi connectivity index (χ2v) is 9.83. The highest BCUT2D eigenvalue weighted by atomic mass is 28.3. The fraction of sp³-hybridized carbons (Fsp3) is 0.917. The lowest BCUT2D eigenvalue weighted by molar-refractivity contribution is -0.127. The molecule has 19 heavy (non-hydrogen) atoms. The van der Waals surface area contributed by atoms with Crippen LogP contribution in [0.15, 0.2) is 0 Å². The van der Waals surface area contributed by atoms with E-state index in [1.807, 2.05) is 11.8 Å². The molecule has 2 unspecified atom stereocenters. The predicted molar refractivity (Wildman–Crippen MR) is 80.0 cm³/mol. The van der Waals surface area contributed by atoms with E-state index in [0.29, 0.717) is 19.6 Å². The normalized spacial score (nSPS) is 19.5. The summed E-state index contributed by atoms with van der Waals surface area (Å²) in [6.07, 6.45) is 3.50. The number of likely N-dealkylation sites (tertiary alicyclic amines) is 1. The number of nitrogens with zero attached hydrogens (tertiary/aromatic N) is 1. The SMILES string of the molecule is CCCO[SiH2]C(CN1CCCC1=O)[SiH](O)OCCC. The minimum absolute atomic E-state index is 0.111. The Morgan fingerprint density at radius 3 is 2.74 bits per heavy atom. The Morgan fingerprint density at radius 2 is 2.16 bits per heavy atom. The third-order valence-corrected chi connectivity index (χ3v) is 7.80. The largest absolute Gasteiger partial charge is 0.424 e. The molecule has 0 aliphatic carbocycles. The summed E-state index contributed by atoms with van der Waals surface area (Å²) < 4.78 is 11.2. The molecule has 0 radical (unpaired) electrons. The summed E-state index contributed by atoms with van der Waals surface area (Å²) in [4.78, 5) is 23.8. The van der Waals surface area contributed by atoms with Gasteiger partial charge in [-0.1, -0.05) is 13.8 Å². The van der Waals surface area contributed by atoms with Crippen LogP contribution in [0.3, 0.4) is 0 Å². The molecule has 5 nitrogen and oxygen atoms in total. The Bertz CT molecular complexity index is 268. The molecule has 112 valence electrons. The Hall–Kier alpha value is -0.216. The maximum absolute atomic E-state index is 11.7. The average Bonchev–Trinajstić information content (AvgIpc) is 2.80. The highest BCUT2D eigenvalue weighted by Gasteiger charge is 2.30. The fourth-order valence-electron chi connectivity index (χ4n) is 2.16. The van der Waals surface area contributed by atoms with E-state index in [0.717, 1.165) is 32.4 Å². The molecule has 0 saturated carbocycles. The van der Waals surface area contributed by atoms with Crippen LogP contribution in [-0.4, -0.2) is 61.0 Å². The number of carbonyl (C=O) groups is 1. The predicted octanol–water partition coefficient (Wildman–Crippen LogP) is 0.0863. The monoisotopic (exact) mass is 305 g/mol. The first kappa shape index (κ1) is 16.8. The van der Waals surface area contributed by atoms with Crippen molar-refractivity contribution in [1.29, 1.82) is 0 Å². The van der Waals surface area contributed by atoms with Gasteiger partial charge in [-0.25, -0.2) is 0 Å². The first-order valence-electron chi connectivity index (χ1n) is 7.34. The maximum Gasteiger partial charge on any atom is 0.322 e. The van der Waals surface area contributed by atoms with E-state index in [4.69, 9.17) is 8.85 Å². The Balaban J connectivity index is 2.44. The molecule has 7 heteroatoms. The lowest BCUT2D eigenvalue weighted by atomic mass is 10.4. The second kappa shape index (κ2) is 9.65. The molecule has 1 amide bonds. The smallest absolute Gasteiger partial charge is 0.322 e. The second-order valence-electron chi connectivity index (χ2n) is 5.04. The Morgan fingerprint density at radius 1 is 1.42 bits per heavy atom. The van der Waals surface area contributed by atoms with Crippen LogP contribution in [0.1, 0.15) is 39.5 Å². The molecule has 1 saturated heterocycles. The quantitative estimate of drug-likeness (QED) is 0.459. The molecule has 1 N–H and O–H groups in total. The van der Waals surface area contributed by atoms with Crippen LogP contribution >= 0.6 is 0 Å². The van der Waals surface area contributed by atoms with Crippen LogP contribution in [0.5, 0.6) is 0 Å². The Kier molecular flexibility index (Phi) is 8.55. The fourth-order valence-corrected chi connectivity index (χ4v) is 5.99. The summed E-state index contributed by atoms with van der Waals surface area (Å²) >= 11 is 0. The van der Waals surface area contributed by atoms with Crippen LogP contribution in [0.2, 0.25) is 5.16 Å². The molecule has 1 heterocycles. The first-order valence-corrected chi connectivity index (χ1v) is 10.4. The van der Waals surface area contributed by atoms with Crippen molar-refractivity contribution in [3.63, 3.8) is 0 Å². The van der Waals surface area contributed by atoms with Crippen LogP contribution in [-0.2, 0) is 13.6 Å². The molecule has 1 aliphatic rings. The van der Waals surface area contributed by atoms with E-state index in [9.17, 15) is 9.59 Å². The van der Waals surface area contributed by atoms with Gasteiger partial charge in [0.05, 0.1) is 0 Å². The van der Waals surface area contributed by atoms with Gasteiger partial charge in [-0.05, 0) is 19.3 Å². The molecule has 0 aromatic heterocycles. The van der Waals surface area contributed by atoms with Crippen molar-refractivity contribution in [1.82, 2.24) is 4.90 Å². The van der Waals surface area contributed by atoms with Gasteiger partial charge in [-0.15, -0.1) is 0 Å². The number of hydrogen-bond acceptors (Lipinski definition) is 4. The maximum atomic E-state index is 11.7. The van der Waals surface area contributed by atoms with Crippen molar-refractivity contribution in [3.05, 3.63) is 0 Å². The molecule has 0 bridgehead atoms. The van der Waals surface area contributed by atoms with Gasteiger partial charge in [0.1, 0.15) is 0 Å². The molecule has 1 rings (SSSR count). The van der Waals surface area contributed by atoms with Gasteiger partial charge >= 0.3 is 9.28 Å². The number of amides is 1. The Labute approximate surface area is 120 Å². The number of carbonyl (C=O) groups excluding carboxylic acids is 1. The number of rotatable bonds is 10. The van der Waals surface area contributed by atoms with Crippen molar-refractivity contribution in [2.24, 2.45) is 0 Å².